The Morgan fingerprint density at radius 1 is 1.23 bits per heavy atom. The maximum atomic E-state index is 10.4. The van der Waals surface area contributed by atoms with Gasteiger partial charge in [-0.25, -0.2) is 4.98 Å². The van der Waals surface area contributed by atoms with Crippen LogP contribution in [0.4, 0.5) is 0 Å². The minimum absolute atomic E-state index is 0.416. The molecule has 0 amide bonds. The largest absolute Gasteiger partial charge is 0.295 e. The van der Waals surface area contributed by atoms with Crippen LogP contribution in [-0.2, 0) is 0 Å². The summed E-state index contributed by atoms with van der Waals surface area (Å²) < 4.78 is 4.06. The van der Waals surface area contributed by atoms with Gasteiger partial charge in [0.05, 0.1) is 0 Å². The lowest BCUT2D eigenvalue weighted by Crippen LogP contribution is -1.80. The van der Waals surface area contributed by atoms with Gasteiger partial charge in [0.2, 0.25) is 0 Å². The first-order chi connectivity index (χ1) is 6.40. The third kappa shape index (κ3) is 1.62. The van der Waals surface area contributed by atoms with Gasteiger partial charge in [-0.2, -0.15) is 4.37 Å². The van der Waals surface area contributed by atoms with Gasteiger partial charge in [-0.3, -0.25) is 4.79 Å². The standard InChI is InChI=1S/C9H6N2OS/c12-6-8-10-9(11-13-8)7-4-2-1-3-5-7/h1-6H. The Bertz CT molecular complexity index is 411. The Morgan fingerprint density at radius 3 is 2.62 bits per heavy atom. The average Bonchev–Trinajstić information content (AvgIpc) is 2.67. The molecule has 3 nitrogen and oxygen atoms in total. The second kappa shape index (κ2) is 3.45. The van der Waals surface area contributed by atoms with E-state index in [0.717, 1.165) is 17.1 Å². The smallest absolute Gasteiger partial charge is 0.180 e. The third-order valence-electron chi connectivity index (χ3n) is 1.57. The van der Waals surface area contributed by atoms with Crippen molar-refractivity contribution < 1.29 is 4.79 Å². The van der Waals surface area contributed by atoms with Crippen molar-refractivity contribution in [3.63, 3.8) is 0 Å². The number of hydrogen-bond donors (Lipinski definition) is 0. The topological polar surface area (TPSA) is 42.9 Å². The lowest BCUT2D eigenvalue weighted by Gasteiger charge is -1.90. The summed E-state index contributed by atoms with van der Waals surface area (Å²) in [6.45, 7) is 0. The molecule has 2 aromatic rings. The molecule has 1 heterocycles. The minimum Gasteiger partial charge on any atom is -0.295 e. The van der Waals surface area contributed by atoms with Gasteiger partial charge in [0.25, 0.3) is 0 Å². The Hall–Kier alpha value is -1.55. The molecule has 0 atom stereocenters. The normalized spacial score (nSPS) is 9.85. The van der Waals surface area contributed by atoms with Crippen molar-refractivity contribution >= 4 is 17.8 Å². The first kappa shape index (κ1) is 8.07. The molecule has 0 N–H and O–H groups in total. The van der Waals surface area contributed by atoms with Crippen LogP contribution < -0.4 is 0 Å². The number of carbonyl (C=O) groups is 1. The summed E-state index contributed by atoms with van der Waals surface area (Å²) in [7, 11) is 0. The monoisotopic (exact) mass is 190 g/mol. The second-order valence-electron chi connectivity index (χ2n) is 2.44. The molecule has 2 rings (SSSR count). The first-order valence-corrected chi connectivity index (χ1v) is 4.52. The molecule has 0 saturated carbocycles. The molecule has 4 heteroatoms. The molecule has 0 saturated heterocycles. The van der Waals surface area contributed by atoms with Crippen molar-refractivity contribution in [2.24, 2.45) is 0 Å². The summed E-state index contributed by atoms with van der Waals surface area (Å²) in [5.74, 6) is 0.618. The Balaban J connectivity index is 2.41. The van der Waals surface area contributed by atoms with E-state index in [2.05, 4.69) is 9.36 Å². The van der Waals surface area contributed by atoms with Crippen LogP contribution >= 0.6 is 11.5 Å². The zero-order valence-corrected chi connectivity index (χ0v) is 7.49. The minimum atomic E-state index is 0.416. The van der Waals surface area contributed by atoms with E-state index in [4.69, 9.17) is 0 Å². The second-order valence-corrected chi connectivity index (χ2v) is 3.22. The SMILES string of the molecule is O=Cc1nc(-c2ccccc2)ns1. The van der Waals surface area contributed by atoms with E-state index in [9.17, 15) is 4.79 Å². The van der Waals surface area contributed by atoms with Gasteiger partial charge in [-0.15, -0.1) is 0 Å². The summed E-state index contributed by atoms with van der Waals surface area (Å²) >= 11 is 1.12. The highest BCUT2D eigenvalue weighted by molar-refractivity contribution is 7.07. The van der Waals surface area contributed by atoms with Crippen LogP contribution in [0.15, 0.2) is 30.3 Å². The van der Waals surface area contributed by atoms with Crippen molar-refractivity contribution in [1.29, 1.82) is 0 Å². The number of nitrogens with zero attached hydrogens (tertiary/aromatic N) is 2. The van der Waals surface area contributed by atoms with Crippen LogP contribution in [0.25, 0.3) is 11.4 Å². The Kier molecular flexibility index (Phi) is 2.14. The van der Waals surface area contributed by atoms with Gasteiger partial charge in [-0.1, -0.05) is 30.3 Å². The molecule has 0 aliphatic carbocycles. The molecule has 1 aromatic carbocycles. The highest BCUT2D eigenvalue weighted by Crippen LogP contribution is 2.16. The van der Waals surface area contributed by atoms with E-state index in [1.54, 1.807) is 0 Å². The van der Waals surface area contributed by atoms with Gasteiger partial charge < -0.3 is 0 Å². The zero-order valence-electron chi connectivity index (χ0n) is 6.68. The van der Waals surface area contributed by atoms with E-state index >= 15 is 0 Å². The number of rotatable bonds is 2. The highest BCUT2D eigenvalue weighted by Gasteiger charge is 2.03. The number of carbonyl (C=O) groups excluding carboxylic acids is 1. The fourth-order valence-electron chi connectivity index (χ4n) is 0.988. The van der Waals surface area contributed by atoms with Crippen molar-refractivity contribution in [2.45, 2.75) is 0 Å². The van der Waals surface area contributed by atoms with Crippen molar-refractivity contribution in [2.75, 3.05) is 0 Å². The van der Waals surface area contributed by atoms with E-state index < -0.39 is 0 Å². The van der Waals surface area contributed by atoms with Crippen molar-refractivity contribution in [3.8, 4) is 11.4 Å². The fourth-order valence-corrected chi connectivity index (χ4v) is 1.48. The van der Waals surface area contributed by atoms with Gasteiger partial charge >= 0.3 is 0 Å². The highest BCUT2D eigenvalue weighted by atomic mass is 32.1. The zero-order chi connectivity index (χ0) is 9.10. The molecule has 0 aliphatic rings. The lowest BCUT2D eigenvalue weighted by atomic mass is 10.2. The predicted molar refractivity (Wildman–Crippen MR) is 50.7 cm³/mol. The summed E-state index contributed by atoms with van der Waals surface area (Å²) in [6.07, 6.45) is 0.712. The molecular formula is C9H6N2OS. The maximum absolute atomic E-state index is 10.4. The summed E-state index contributed by atoms with van der Waals surface area (Å²) in [6, 6.07) is 9.58. The van der Waals surface area contributed by atoms with Gasteiger partial charge in [0.15, 0.2) is 17.1 Å². The molecule has 13 heavy (non-hydrogen) atoms. The fraction of sp³-hybridized carbons (Fsp3) is 0. The lowest BCUT2D eigenvalue weighted by molar-refractivity contribution is 0.112. The van der Waals surface area contributed by atoms with Crippen LogP contribution in [0.5, 0.6) is 0 Å². The Morgan fingerprint density at radius 2 is 2.00 bits per heavy atom. The van der Waals surface area contributed by atoms with Crippen molar-refractivity contribution in [3.05, 3.63) is 35.3 Å². The molecule has 0 bridgehead atoms. The molecule has 0 unspecified atom stereocenters. The van der Waals surface area contributed by atoms with Gasteiger partial charge in [0, 0.05) is 5.56 Å². The van der Waals surface area contributed by atoms with Gasteiger partial charge in [0.1, 0.15) is 0 Å². The maximum Gasteiger partial charge on any atom is 0.180 e. The van der Waals surface area contributed by atoms with E-state index in [1.165, 1.54) is 0 Å². The van der Waals surface area contributed by atoms with Crippen LogP contribution in [0, 0.1) is 0 Å². The van der Waals surface area contributed by atoms with E-state index in [-0.39, 0.29) is 0 Å². The third-order valence-corrected chi connectivity index (χ3v) is 2.21. The average molecular weight is 190 g/mol. The molecular weight excluding hydrogens is 184 g/mol. The molecule has 0 aliphatic heterocycles. The van der Waals surface area contributed by atoms with Gasteiger partial charge in [-0.05, 0) is 11.5 Å². The Labute approximate surface area is 79.2 Å². The van der Waals surface area contributed by atoms with Crippen LogP contribution in [-0.4, -0.2) is 15.6 Å². The van der Waals surface area contributed by atoms with Crippen molar-refractivity contribution in [1.82, 2.24) is 9.36 Å². The summed E-state index contributed by atoms with van der Waals surface area (Å²) in [5, 5.41) is 0.416. The molecule has 0 radical (unpaired) electrons. The number of aldehydes is 1. The molecule has 1 aromatic heterocycles. The molecule has 0 spiro atoms. The molecule has 64 valence electrons. The van der Waals surface area contributed by atoms with Crippen LogP contribution in [0.1, 0.15) is 9.80 Å². The predicted octanol–water partition coefficient (Wildman–Crippen LogP) is 2.02. The number of aromatic nitrogens is 2. The summed E-state index contributed by atoms with van der Waals surface area (Å²) in [5.41, 5.74) is 0.937. The number of benzene rings is 1. The first-order valence-electron chi connectivity index (χ1n) is 3.74. The molecule has 0 fully saturated rings. The van der Waals surface area contributed by atoms with Crippen LogP contribution in [0.3, 0.4) is 0 Å². The quantitative estimate of drug-likeness (QED) is 0.680. The van der Waals surface area contributed by atoms with Crippen LogP contribution in [0.2, 0.25) is 0 Å². The van der Waals surface area contributed by atoms with E-state index in [0.29, 0.717) is 17.1 Å². The number of hydrogen-bond acceptors (Lipinski definition) is 4. The van der Waals surface area contributed by atoms with E-state index in [1.807, 2.05) is 30.3 Å². The summed E-state index contributed by atoms with van der Waals surface area (Å²) in [4.78, 5) is 14.4.